The molecule has 1 heteroatoms. The summed E-state index contributed by atoms with van der Waals surface area (Å²) >= 11 is 0. The van der Waals surface area contributed by atoms with Crippen molar-refractivity contribution in [1.29, 1.82) is 0 Å². The summed E-state index contributed by atoms with van der Waals surface area (Å²) in [6.45, 7) is 0. The van der Waals surface area contributed by atoms with Crippen LogP contribution < -0.4 is 4.40 Å². The van der Waals surface area contributed by atoms with Gasteiger partial charge in [0.1, 0.15) is 0 Å². The number of hydrogen-bond acceptors (Lipinski definition) is 0. The first-order valence-electron chi connectivity index (χ1n) is 5.89. The minimum absolute atomic E-state index is 1.02. The summed E-state index contributed by atoms with van der Waals surface area (Å²) < 4.78 is 2.08. The van der Waals surface area contributed by atoms with Gasteiger partial charge in [0.25, 0.3) is 0 Å². The highest BCUT2D eigenvalue weighted by Crippen LogP contribution is 2.00. The number of benzene rings is 1. The van der Waals surface area contributed by atoms with Crippen molar-refractivity contribution in [2.24, 2.45) is 0 Å². The van der Waals surface area contributed by atoms with E-state index in [9.17, 15) is 0 Å². The predicted octanol–water partition coefficient (Wildman–Crippen LogP) is 2.83. The topological polar surface area (TPSA) is 4.10 Å². The second-order valence-electron chi connectivity index (χ2n) is 4.07. The van der Waals surface area contributed by atoms with E-state index in [4.69, 9.17) is 0 Å². The molecular weight excluding hydrogens is 218 g/mol. The van der Waals surface area contributed by atoms with Crippen molar-refractivity contribution in [2.45, 2.75) is 0 Å². The Morgan fingerprint density at radius 3 is 2.33 bits per heavy atom. The minimum atomic E-state index is 1.02. The Balaban J connectivity index is 1.99. The van der Waals surface area contributed by atoms with E-state index in [0.717, 1.165) is 11.1 Å². The molecule has 0 amide bonds. The molecule has 0 radical (unpaired) electrons. The van der Waals surface area contributed by atoms with Crippen molar-refractivity contribution in [3.63, 3.8) is 0 Å². The van der Waals surface area contributed by atoms with E-state index in [1.165, 1.54) is 5.52 Å². The van der Waals surface area contributed by atoms with E-state index in [1.54, 1.807) is 0 Å². The van der Waals surface area contributed by atoms with E-state index < -0.39 is 0 Å². The van der Waals surface area contributed by atoms with E-state index >= 15 is 0 Å². The standard InChI is InChI=1S/C17H12N/c1-2-6-15(7-3-1)9-10-16-11-12-17-8-4-5-13-18(17)14-16/h1-8,11-14H/q+1. The third-order valence-electron chi connectivity index (χ3n) is 2.76. The van der Waals surface area contributed by atoms with Crippen LogP contribution in [-0.2, 0) is 0 Å². The molecule has 1 nitrogen and oxygen atoms in total. The number of hydrogen-bond donors (Lipinski definition) is 0. The monoisotopic (exact) mass is 230 g/mol. The molecule has 2 aromatic heterocycles. The second kappa shape index (κ2) is 4.73. The van der Waals surface area contributed by atoms with Gasteiger partial charge < -0.3 is 0 Å². The Labute approximate surface area is 106 Å². The molecule has 0 aliphatic heterocycles. The number of aromatic nitrogens is 1. The summed E-state index contributed by atoms with van der Waals surface area (Å²) in [5.41, 5.74) is 3.22. The molecular formula is C17H12N+. The third-order valence-corrected chi connectivity index (χ3v) is 2.76. The molecule has 3 rings (SSSR count). The molecule has 0 saturated heterocycles. The average molecular weight is 230 g/mol. The van der Waals surface area contributed by atoms with Gasteiger partial charge in [-0.2, -0.15) is 4.40 Å². The normalized spacial score (nSPS) is 9.78. The van der Waals surface area contributed by atoms with Crippen LogP contribution in [-0.4, -0.2) is 0 Å². The molecule has 0 spiro atoms. The molecule has 0 fully saturated rings. The Morgan fingerprint density at radius 2 is 1.44 bits per heavy atom. The van der Waals surface area contributed by atoms with Crippen LogP contribution >= 0.6 is 0 Å². The second-order valence-corrected chi connectivity index (χ2v) is 4.07. The summed E-state index contributed by atoms with van der Waals surface area (Å²) in [6, 6.07) is 20.3. The third kappa shape index (κ3) is 2.23. The molecule has 0 bridgehead atoms. The molecule has 84 valence electrons. The Hall–Kier alpha value is -2.59. The molecule has 3 aromatic rings. The van der Waals surface area contributed by atoms with Crippen molar-refractivity contribution < 1.29 is 4.40 Å². The van der Waals surface area contributed by atoms with Gasteiger partial charge in [-0.05, 0) is 24.3 Å². The maximum absolute atomic E-state index is 3.18. The zero-order chi connectivity index (χ0) is 12.2. The summed E-state index contributed by atoms with van der Waals surface area (Å²) in [7, 11) is 0. The highest BCUT2D eigenvalue weighted by atomic mass is 14.8. The Bertz CT molecular complexity index is 733. The first kappa shape index (κ1) is 10.6. The number of rotatable bonds is 0. The predicted molar refractivity (Wildman–Crippen MR) is 72.0 cm³/mol. The summed E-state index contributed by atoms with van der Waals surface area (Å²) in [4.78, 5) is 0. The van der Waals surface area contributed by atoms with Crippen molar-refractivity contribution in [2.75, 3.05) is 0 Å². The van der Waals surface area contributed by atoms with E-state index in [-0.39, 0.29) is 0 Å². The number of nitrogens with zero attached hydrogens (tertiary/aromatic N) is 1. The number of fused-ring (bicyclic) bond motifs is 1. The molecule has 0 atom stereocenters. The van der Waals surface area contributed by atoms with Crippen LogP contribution in [0.2, 0.25) is 0 Å². The highest BCUT2D eigenvalue weighted by Gasteiger charge is 2.00. The largest absolute Gasteiger partial charge is 0.210 e. The van der Waals surface area contributed by atoms with Crippen molar-refractivity contribution in [3.05, 3.63) is 84.2 Å². The van der Waals surface area contributed by atoms with Crippen LogP contribution in [0.4, 0.5) is 0 Å². The average Bonchev–Trinajstić information content (AvgIpc) is 2.46. The van der Waals surface area contributed by atoms with Gasteiger partial charge in [0, 0.05) is 23.8 Å². The fourth-order valence-corrected chi connectivity index (χ4v) is 1.84. The van der Waals surface area contributed by atoms with Gasteiger partial charge in [-0.3, -0.25) is 0 Å². The molecule has 1 aromatic carbocycles. The first-order chi connectivity index (χ1) is 8.92. The van der Waals surface area contributed by atoms with Gasteiger partial charge in [0.15, 0.2) is 12.4 Å². The van der Waals surface area contributed by atoms with Gasteiger partial charge in [0.2, 0.25) is 5.52 Å². The lowest BCUT2D eigenvalue weighted by atomic mass is 10.2. The van der Waals surface area contributed by atoms with Crippen molar-refractivity contribution in [3.8, 4) is 11.8 Å². The fourth-order valence-electron chi connectivity index (χ4n) is 1.84. The molecule has 0 unspecified atom stereocenters. The maximum Gasteiger partial charge on any atom is 0.210 e. The molecule has 2 heterocycles. The van der Waals surface area contributed by atoms with E-state index in [2.05, 4.69) is 28.4 Å². The summed E-state index contributed by atoms with van der Waals surface area (Å²) in [5, 5.41) is 0. The molecule has 0 aliphatic carbocycles. The van der Waals surface area contributed by atoms with Crippen LogP contribution in [0.3, 0.4) is 0 Å². The highest BCUT2D eigenvalue weighted by molar-refractivity contribution is 5.45. The quantitative estimate of drug-likeness (QED) is 0.413. The molecule has 0 saturated carbocycles. The van der Waals surface area contributed by atoms with Crippen LogP contribution in [0.25, 0.3) is 5.52 Å². The smallest absolute Gasteiger partial charge is 0.166 e. The van der Waals surface area contributed by atoms with E-state index in [1.807, 2.05) is 60.9 Å². The summed E-state index contributed by atoms with van der Waals surface area (Å²) in [6.07, 6.45) is 4.08. The van der Waals surface area contributed by atoms with Crippen molar-refractivity contribution >= 4 is 5.52 Å². The fraction of sp³-hybridized carbons (Fsp3) is 0. The molecule has 0 aliphatic rings. The van der Waals surface area contributed by atoms with Crippen LogP contribution in [0, 0.1) is 11.8 Å². The minimum Gasteiger partial charge on any atom is -0.166 e. The lowest BCUT2D eigenvalue weighted by Crippen LogP contribution is -2.20. The number of pyridine rings is 2. The molecule has 18 heavy (non-hydrogen) atoms. The zero-order valence-electron chi connectivity index (χ0n) is 9.88. The zero-order valence-corrected chi connectivity index (χ0v) is 9.88. The van der Waals surface area contributed by atoms with Crippen LogP contribution in [0.15, 0.2) is 73.1 Å². The van der Waals surface area contributed by atoms with Crippen LogP contribution in [0.5, 0.6) is 0 Å². The maximum atomic E-state index is 3.18. The van der Waals surface area contributed by atoms with Gasteiger partial charge in [-0.1, -0.05) is 30.0 Å². The lowest BCUT2D eigenvalue weighted by Gasteiger charge is -1.91. The molecule has 0 N–H and O–H groups in total. The van der Waals surface area contributed by atoms with Crippen molar-refractivity contribution in [1.82, 2.24) is 0 Å². The SMILES string of the molecule is C(#Cc1ccc2cccc[n+]2c1)c1ccccc1. The Kier molecular flexibility index (Phi) is 2.77. The van der Waals surface area contributed by atoms with Gasteiger partial charge >= 0.3 is 0 Å². The van der Waals surface area contributed by atoms with Gasteiger partial charge in [0.05, 0.1) is 5.56 Å². The lowest BCUT2D eigenvalue weighted by molar-refractivity contribution is -0.512. The van der Waals surface area contributed by atoms with Crippen LogP contribution in [0.1, 0.15) is 11.1 Å². The van der Waals surface area contributed by atoms with Gasteiger partial charge in [-0.25, -0.2) is 0 Å². The Morgan fingerprint density at radius 1 is 0.667 bits per heavy atom. The van der Waals surface area contributed by atoms with E-state index in [0.29, 0.717) is 0 Å². The van der Waals surface area contributed by atoms with Gasteiger partial charge in [-0.15, -0.1) is 0 Å². The summed E-state index contributed by atoms with van der Waals surface area (Å²) in [5.74, 6) is 6.34. The first-order valence-corrected chi connectivity index (χ1v) is 5.89.